The molecule has 0 saturated carbocycles. The maximum absolute atomic E-state index is 6.20. The molecule has 0 bridgehead atoms. The number of anilines is 2. The van der Waals surface area contributed by atoms with Gasteiger partial charge in [0.15, 0.2) is 11.0 Å². The summed E-state index contributed by atoms with van der Waals surface area (Å²) in [6.07, 6.45) is 1.39. The average Bonchev–Trinajstić information content (AvgIpc) is 2.41. The van der Waals surface area contributed by atoms with E-state index in [0.29, 0.717) is 16.5 Å². The molecule has 0 aliphatic carbocycles. The topological polar surface area (TPSA) is 55.0 Å². The van der Waals surface area contributed by atoms with Crippen molar-refractivity contribution in [3.63, 3.8) is 0 Å². The van der Waals surface area contributed by atoms with E-state index in [0.717, 1.165) is 5.56 Å². The third-order valence-electron chi connectivity index (χ3n) is 3.08. The molecule has 0 spiro atoms. The third-order valence-corrected chi connectivity index (χ3v) is 3.73. The van der Waals surface area contributed by atoms with Gasteiger partial charge < -0.3 is 10.6 Å². The molecule has 0 aliphatic heterocycles. The van der Waals surface area contributed by atoms with E-state index in [1.165, 1.54) is 6.33 Å². The van der Waals surface area contributed by atoms with Crippen molar-refractivity contribution < 1.29 is 0 Å². The normalized spacial score (nSPS) is 12.2. The van der Waals surface area contributed by atoms with Gasteiger partial charge in [0.2, 0.25) is 0 Å². The maximum Gasteiger partial charge on any atom is 0.157 e. The predicted octanol–water partition coefficient (Wildman–Crippen LogP) is 3.56. The molecule has 1 unspecified atom stereocenters. The fourth-order valence-corrected chi connectivity index (χ4v) is 2.27. The number of halogens is 2. The summed E-state index contributed by atoms with van der Waals surface area (Å²) in [5, 5.41) is 0.962. The zero-order valence-electron chi connectivity index (χ0n) is 10.6. The van der Waals surface area contributed by atoms with Crippen LogP contribution in [0.15, 0.2) is 30.6 Å². The molecule has 1 aromatic carbocycles. The summed E-state index contributed by atoms with van der Waals surface area (Å²) in [6, 6.07) is 7.69. The summed E-state index contributed by atoms with van der Waals surface area (Å²) in [4.78, 5) is 9.95. The van der Waals surface area contributed by atoms with Crippen molar-refractivity contribution in [1.82, 2.24) is 9.97 Å². The first-order valence-electron chi connectivity index (χ1n) is 5.75. The summed E-state index contributed by atoms with van der Waals surface area (Å²) >= 11 is 12.1. The molecule has 0 aliphatic rings. The number of aromatic nitrogens is 2. The number of nitrogens with two attached hydrogens (primary N) is 1. The van der Waals surface area contributed by atoms with Crippen LogP contribution in [0.5, 0.6) is 0 Å². The van der Waals surface area contributed by atoms with Gasteiger partial charge in [0.1, 0.15) is 12.0 Å². The van der Waals surface area contributed by atoms with Crippen LogP contribution in [0.25, 0.3) is 0 Å². The van der Waals surface area contributed by atoms with Gasteiger partial charge in [-0.25, -0.2) is 9.97 Å². The number of hydrogen-bond donors (Lipinski definition) is 1. The van der Waals surface area contributed by atoms with Crippen LogP contribution in [-0.4, -0.2) is 17.0 Å². The lowest BCUT2D eigenvalue weighted by Crippen LogP contribution is -2.24. The second kappa shape index (κ2) is 5.63. The molecule has 2 rings (SSSR count). The Bertz CT molecular complexity index is 589. The van der Waals surface area contributed by atoms with E-state index < -0.39 is 0 Å². The van der Waals surface area contributed by atoms with E-state index in [-0.39, 0.29) is 11.2 Å². The second-order valence-corrected chi connectivity index (χ2v) is 4.98. The molecular formula is C13H14Cl2N4. The molecule has 0 fully saturated rings. The van der Waals surface area contributed by atoms with Crippen molar-refractivity contribution in [2.24, 2.45) is 0 Å². The predicted molar refractivity (Wildman–Crippen MR) is 79.7 cm³/mol. The fraction of sp³-hybridized carbons (Fsp3) is 0.231. The number of hydrogen-bond acceptors (Lipinski definition) is 4. The van der Waals surface area contributed by atoms with E-state index in [1.54, 1.807) is 0 Å². The summed E-state index contributed by atoms with van der Waals surface area (Å²) in [5.41, 5.74) is 7.27. The van der Waals surface area contributed by atoms with Crippen LogP contribution in [0.1, 0.15) is 18.5 Å². The molecule has 2 aromatic rings. The van der Waals surface area contributed by atoms with Crippen molar-refractivity contribution in [1.29, 1.82) is 0 Å². The van der Waals surface area contributed by atoms with Crippen LogP contribution in [0.3, 0.4) is 0 Å². The Balaban J connectivity index is 2.37. The molecule has 100 valence electrons. The van der Waals surface area contributed by atoms with Crippen LogP contribution in [0.4, 0.5) is 11.5 Å². The number of nitrogens with zero attached hydrogens (tertiary/aromatic N) is 3. The van der Waals surface area contributed by atoms with Crippen molar-refractivity contribution in [2.45, 2.75) is 13.0 Å². The summed E-state index contributed by atoms with van der Waals surface area (Å²) in [5.74, 6) is 0.590. The molecule has 0 amide bonds. The summed E-state index contributed by atoms with van der Waals surface area (Å²) in [7, 11) is 1.89. The molecule has 0 radical (unpaired) electrons. The van der Waals surface area contributed by atoms with Gasteiger partial charge in [-0.3, -0.25) is 0 Å². The van der Waals surface area contributed by atoms with Gasteiger partial charge >= 0.3 is 0 Å². The molecule has 6 heteroatoms. The molecule has 19 heavy (non-hydrogen) atoms. The van der Waals surface area contributed by atoms with E-state index in [9.17, 15) is 0 Å². The van der Waals surface area contributed by atoms with Gasteiger partial charge in [-0.05, 0) is 18.6 Å². The zero-order valence-corrected chi connectivity index (χ0v) is 12.2. The standard InChI is InChI=1S/C13H14Cl2N4/c1-8(9-5-3-4-6-10(9)14)19(2)13-11(16)12(15)17-7-18-13/h3-8H,16H2,1-2H3. The number of benzene rings is 1. The second-order valence-electron chi connectivity index (χ2n) is 4.21. The van der Waals surface area contributed by atoms with Crippen LogP contribution < -0.4 is 10.6 Å². The SMILES string of the molecule is CC(c1ccccc1Cl)N(C)c1ncnc(Cl)c1N. The van der Waals surface area contributed by atoms with Gasteiger partial charge in [-0.2, -0.15) is 0 Å². The molecule has 1 aromatic heterocycles. The van der Waals surface area contributed by atoms with Gasteiger partial charge in [-0.1, -0.05) is 41.4 Å². The molecule has 1 atom stereocenters. The Morgan fingerprint density at radius 1 is 1.21 bits per heavy atom. The molecule has 2 N–H and O–H groups in total. The number of rotatable bonds is 3. The highest BCUT2D eigenvalue weighted by atomic mass is 35.5. The van der Waals surface area contributed by atoms with E-state index in [4.69, 9.17) is 28.9 Å². The largest absolute Gasteiger partial charge is 0.393 e. The minimum Gasteiger partial charge on any atom is -0.393 e. The van der Waals surface area contributed by atoms with Crippen LogP contribution in [0.2, 0.25) is 10.2 Å². The van der Waals surface area contributed by atoms with Crippen molar-refractivity contribution in [3.05, 3.63) is 46.3 Å². The Hall–Kier alpha value is -1.52. The highest BCUT2D eigenvalue weighted by molar-refractivity contribution is 6.32. The minimum absolute atomic E-state index is 0.0157. The Kier molecular flexibility index (Phi) is 4.12. The van der Waals surface area contributed by atoms with Crippen molar-refractivity contribution in [3.8, 4) is 0 Å². The van der Waals surface area contributed by atoms with Gasteiger partial charge in [0.05, 0.1) is 6.04 Å². The number of nitrogen functional groups attached to an aromatic ring is 1. The Labute approximate surface area is 122 Å². The monoisotopic (exact) mass is 296 g/mol. The summed E-state index contributed by atoms with van der Waals surface area (Å²) in [6.45, 7) is 2.02. The first kappa shape index (κ1) is 13.9. The van der Waals surface area contributed by atoms with Gasteiger partial charge in [0.25, 0.3) is 0 Å². The molecule has 1 heterocycles. The summed E-state index contributed by atoms with van der Waals surface area (Å²) < 4.78 is 0. The zero-order chi connectivity index (χ0) is 14.0. The highest BCUT2D eigenvalue weighted by Crippen LogP contribution is 2.33. The van der Waals surface area contributed by atoms with E-state index in [1.807, 2.05) is 43.1 Å². The van der Waals surface area contributed by atoms with E-state index >= 15 is 0 Å². The Morgan fingerprint density at radius 2 is 1.89 bits per heavy atom. The lowest BCUT2D eigenvalue weighted by Gasteiger charge is -2.27. The van der Waals surface area contributed by atoms with Gasteiger partial charge in [0, 0.05) is 12.1 Å². The van der Waals surface area contributed by atoms with Crippen LogP contribution in [-0.2, 0) is 0 Å². The van der Waals surface area contributed by atoms with Crippen LogP contribution >= 0.6 is 23.2 Å². The maximum atomic E-state index is 6.20. The minimum atomic E-state index is 0.0157. The van der Waals surface area contributed by atoms with E-state index in [2.05, 4.69) is 9.97 Å². The molecular weight excluding hydrogens is 283 g/mol. The smallest absolute Gasteiger partial charge is 0.157 e. The average molecular weight is 297 g/mol. The molecule has 4 nitrogen and oxygen atoms in total. The van der Waals surface area contributed by atoms with Gasteiger partial charge in [-0.15, -0.1) is 0 Å². The van der Waals surface area contributed by atoms with Crippen molar-refractivity contribution in [2.75, 3.05) is 17.7 Å². The Morgan fingerprint density at radius 3 is 2.58 bits per heavy atom. The van der Waals surface area contributed by atoms with Crippen LogP contribution in [0, 0.1) is 0 Å². The lowest BCUT2D eigenvalue weighted by molar-refractivity contribution is 0.728. The van der Waals surface area contributed by atoms with Crippen molar-refractivity contribution >= 4 is 34.7 Å². The quantitative estimate of drug-likeness (QED) is 0.880. The lowest BCUT2D eigenvalue weighted by atomic mass is 10.1. The first-order chi connectivity index (χ1) is 9.02. The molecule has 0 saturated heterocycles. The third kappa shape index (κ3) is 2.74. The first-order valence-corrected chi connectivity index (χ1v) is 6.51. The highest BCUT2D eigenvalue weighted by Gasteiger charge is 2.19. The fourth-order valence-electron chi connectivity index (χ4n) is 1.85.